The Hall–Kier alpha value is -2.64. The quantitative estimate of drug-likeness (QED) is 0.666. The van der Waals surface area contributed by atoms with Crippen molar-refractivity contribution in [2.24, 2.45) is 0 Å². The van der Waals surface area contributed by atoms with Crippen LogP contribution in [0.4, 0.5) is 0 Å². The lowest BCUT2D eigenvalue weighted by Crippen LogP contribution is -2.34. The molecule has 0 radical (unpaired) electrons. The van der Waals surface area contributed by atoms with E-state index in [-0.39, 0.29) is 24.4 Å². The second-order valence-electron chi connectivity index (χ2n) is 6.35. The van der Waals surface area contributed by atoms with Gasteiger partial charge in [0.15, 0.2) is 11.5 Å². The van der Waals surface area contributed by atoms with Crippen LogP contribution in [0.3, 0.4) is 0 Å². The Morgan fingerprint density at radius 2 is 1.48 bits per heavy atom. The molecule has 0 aliphatic heterocycles. The van der Waals surface area contributed by atoms with Crippen molar-refractivity contribution in [2.45, 2.75) is 6.04 Å². The lowest BCUT2D eigenvalue weighted by molar-refractivity contribution is 0.0940. The lowest BCUT2D eigenvalue weighted by Gasteiger charge is -2.26. The maximum Gasteiger partial charge on any atom is 0.251 e. The largest absolute Gasteiger partial charge is 0.496 e. The summed E-state index contributed by atoms with van der Waals surface area (Å²) in [4.78, 5) is 14.8. The van der Waals surface area contributed by atoms with Gasteiger partial charge in [-0.05, 0) is 32.3 Å². The van der Waals surface area contributed by atoms with E-state index < -0.39 is 0 Å². The second kappa shape index (κ2) is 11.4. The first-order chi connectivity index (χ1) is 13.5. The molecule has 7 nitrogen and oxygen atoms in total. The minimum Gasteiger partial charge on any atom is -0.496 e. The zero-order chi connectivity index (χ0) is 20.7. The van der Waals surface area contributed by atoms with Crippen LogP contribution in [0.15, 0.2) is 36.4 Å². The molecule has 2 aromatic rings. The van der Waals surface area contributed by atoms with Crippen molar-refractivity contribution in [3.8, 4) is 23.0 Å². The molecule has 1 unspecified atom stereocenters. The number of nitrogens with one attached hydrogen (secondary N) is 1. The van der Waals surface area contributed by atoms with E-state index in [0.717, 1.165) is 11.3 Å². The number of hydrogen-bond acceptors (Lipinski definition) is 6. The number of hydrogen-bond donors (Lipinski definition) is 1. The van der Waals surface area contributed by atoms with Crippen LogP contribution in [0.2, 0.25) is 0 Å². The Balaban J connectivity index is 0.00000420. The van der Waals surface area contributed by atoms with Crippen LogP contribution >= 0.6 is 12.4 Å². The average Bonchev–Trinajstić information content (AvgIpc) is 2.72. The molecule has 0 saturated carbocycles. The molecule has 1 atom stereocenters. The first kappa shape index (κ1) is 24.4. The van der Waals surface area contributed by atoms with Crippen LogP contribution < -0.4 is 24.3 Å². The fourth-order valence-corrected chi connectivity index (χ4v) is 3.02. The Labute approximate surface area is 178 Å². The van der Waals surface area contributed by atoms with E-state index in [2.05, 4.69) is 5.32 Å². The standard InChI is InChI=1S/C21H28N2O5.ClH/c1-23(2)16(15-9-7-8-10-17(15)25-3)13-22-21(24)14-11-18(26-4)20(28-6)19(12-14)27-5;/h7-12,16H,13H2,1-6H3,(H,22,24);1H. The number of ether oxygens (including phenoxy) is 4. The summed E-state index contributed by atoms with van der Waals surface area (Å²) in [5.41, 5.74) is 1.42. The van der Waals surface area contributed by atoms with Gasteiger partial charge in [0.25, 0.3) is 5.91 Å². The molecule has 1 N–H and O–H groups in total. The van der Waals surface area contributed by atoms with Crippen molar-refractivity contribution in [2.75, 3.05) is 49.1 Å². The van der Waals surface area contributed by atoms with E-state index in [1.165, 1.54) is 21.3 Å². The first-order valence-electron chi connectivity index (χ1n) is 8.84. The van der Waals surface area contributed by atoms with Crippen molar-refractivity contribution >= 4 is 18.3 Å². The summed E-state index contributed by atoms with van der Waals surface area (Å²) in [7, 11) is 10.1. The van der Waals surface area contributed by atoms with Crippen molar-refractivity contribution in [1.82, 2.24) is 10.2 Å². The van der Waals surface area contributed by atoms with Gasteiger partial charge in [-0.3, -0.25) is 4.79 Å². The van der Waals surface area contributed by atoms with Gasteiger partial charge in [0, 0.05) is 17.7 Å². The summed E-state index contributed by atoms with van der Waals surface area (Å²) >= 11 is 0. The summed E-state index contributed by atoms with van der Waals surface area (Å²) in [5, 5.41) is 2.98. The molecule has 0 heterocycles. The predicted molar refractivity (Wildman–Crippen MR) is 115 cm³/mol. The van der Waals surface area contributed by atoms with E-state index in [1.54, 1.807) is 19.2 Å². The molecular formula is C21H29ClN2O5. The number of benzene rings is 2. The maximum absolute atomic E-state index is 12.8. The summed E-state index contributed by atoms with van der Waals surface area (Å²) in [6.07, 6.45) is 0. The smallest absolute Gasteiger partial charge is 0.251 e. The SMILES string of the molecule is COc1ccccc1C(CNC(=O)c1cc(OC)c(OC)c(OC)c1)N(C)C.Cl. The molecule has 0 aliphatic rings. The number of amides is 1. The number of carbonyl (C=O) groups excluding carboxylic acids is 1. The van der Waals surface area contributed by atoms with Crippen LogP contribution in [-0.2, 0) is 0 Å². The predicted octanol–water partition coefficient (Wildman–Crippen LogP) is 3.18. The van der Waals surface area contributed by atoms with Gasteiger partial charge < -0.3 is 29.2 Å². The number of rotatable bonds is 9. The van der Waals surface area contributed by atoms with E-state index in [1.807, 2.05) is 43.3 Å². The number of carbonyl (C=O) groups is 1. The first-order valence-corrected chi connectivity index (χ1v) is 8.84. The Morgan fingerprint density at radius 3 is 1.97 bits per heavy atom. The summed E-state index contributed by atoms with van der Waals surface area (Å²) in [6.45, 7) is 0.406. The minimum atomic E-state index is -0.235. The van der Waals surface area contributed by atoms with Crippen molar-refractivity contribution < 1.29 is 23.7 Å². The number of methoxy groups -OCH3 is 4. The molecule has 2 aromatic carbocycles. The van der Waals surface area contributed by atoms with Crippen LogP contribution in [0.5, 0.6) is 23.0 Å². The molecular weight excluding hydrogens is 396 g/mol. The Bertz CT molecular complexity index is 788. The molecule has 1 amide bonds. The molecule has 2 rings (SSSR count). The third kappa shape index (κ3) is 5.68. The zero-order valence-electron chi connectivity index (χ0n) is 17.6. The van der Waals surface area contributed by atoms with Crippen molar-refractivity contribution in [1.29, 1.82) is 0 Å². The molecule has 0 bridgehead atoms. The normalized spacial score (nSPS) is 11.3. The fourth-order valence-electron chi connectivity index (χ4n) is 3.02. The molecule has 0 fully saturated rings. The molecule has 29 heavy (non-hydrogen) atoms. The summed E-state index contributed by atoms with van der Waals surface area (Å²) in [6, 6.07) is 11.0. The maximum atomic E-state index is 12.8. The van der Waals surface area contributed by atoms with E-state index in [0.29, 0.717) is 29.4 Å². The number of para-hydroxylation sites is 1. The summed E-state index contributed by atoms with van der Waals surface area (Å²) < 4.78 is 21.4. The molecule has 0 saturated heterocycles. The topological polar surface area (TPSA) is 69.3 Å². The number of halogens is 1. The van der Waals surface area contributed by atoms with Gasteiger partial charge in [0.2, 0.25) is 5.75 Å². The van der Waals surface area contributed by atoms with E-state index >= 15 is 0 Å². The van der Waals surface area contributed by atoms with Gasteiger partial charge in [-0.2, -0.15) is 0 Å². The molecule has 160 valence electrons. The Kier molecular flexibility index (Phi) is 9.58. The van der Waals surface area contributed by atoms with Gasteiger partial charge in [-0.25, -0.2) is 0 Å². The van der Waals surface area contributed by atoms with E-state index in [9.17, 15) is 4.79 Å². The highest BCUT2D eigenvalue weighted by Gasteiger charge is 2.21. The molecule has 0 aromatic heterocycles. The van der Waals surface area contributed by atoms with Gasteiger partial charge in [0.05, 0.1) is 34.5 Å². The third-order valence-electron chi connectivity index (χ3n) is 4.50. The van der Waals surface area contributed by atoms with Crippen LogP contribution in [0, 0.1) is 0 Å². The van der Waals surface area contributed by atoms with Crippen molar-refractivity contribution in [3.05, 3.63) is 47.5 Å². The molecule has 8 heteroatoms. The monoisotopic (exact) mass is 424 g/mol. The minimum absolute atomic E-state index is 0. The van der Waals surface area contributed by atoms with Gasteiger partial charge in [0.1, 0.15) is 5.75 Å². The fraction of sp³-hybridized carbons (Fsp3) is 0.381. The molecule has 0 spiro atoms. The average molecular weight is 425 g/mol. The Morgan fingerprint density at radius 1 is 0.931 bits per heavy atom. The second-order valence-corrected chi connectivity index (χ2v) is 6.35. The van der Waals surface area contributed by atoms with Crippen LogP contribution in [0.1, 0.15) is 22.0 Å². The van der Waals surface area contributed by atoms with Gasteiger partial charge in [-0.1, -0.05) is 18.2 Å². The highest BCUT2D eigenvalue weighted by atomic mass is 35.5. The lowest BCUT2D eigenvalue weighted by atomic mass is 10.0. The van der Waals surface area contributed by atoms with Gasteiger partial charge in [-0.15, -0.1) is 12.4 Å². The van der Waals surface area contributed by atoms with E-state index in [4.69, 9.17) is 18.9 Å². The summed E-state index contributed by atoms with van der Waals surface area (Å²) in [5.74, 6) is 1.85. The number of likely N-dealkylation sites (N-methyl/N-ethyl adjacent to an activating group) is 1. The van der Waals surface area contributed by atoms with Crippen molar-refractivity contribution in [3.63, 3.8) is 0 Å². The number of nitrogens with zero attached hydrogens (tertiary/aromatic N) is 1. The van der Waals surface area contributed by atoms with Gasteiger partial charge >= 0.3 is 0 Å². The van der Waals surface area contributed by atoms with Crippen LogP contribution in [-0.4, -0.2) is 59.9 Å². The van der Waals surface area contributed by atoms with Crippen LogP contribution in [0.25, 0.3) is 0 Å². The third-order valence-corrected chi connectivity index (χ3v) is 4.50. The zero-order valence-corrected chi connectivity index (χ0v) is 18.5. The highest BCUT2D eigenvalue weighted by Crippen LogP contribution is 2.38. The highest BCUT2D eigenvalue weighted by molar-refractivity contribution is 5.95. The molecule has 0 aliphatic carbocycles.